The van der Waals surface area contributed by atoms with E-state index in [1.165, 1.54) is 12.3 Å². The van der Waals surface area contributed by atoms with Crippen molar-refractivity contribution in [3.8, 4) is 0 Å². The minimum Gasteiger partial charge on any atom is -0.365 e. The zero-order valence-corrected chi connectivity index (χ0v) is 13.5. The average molecular weight is 344 g/mol. The summed E-state index contributed by atoms with van der Waals surface area (Å²) in [5.74, 6) is -0.818. The number of anilines is 1. The Kier molecular flexibility index (Phi) is 3.78. The lowest BCUT2D eigenvalue weighted by molar-refractivity contribution is 0.100. The highest BCUT2D eigenvalue weighted by Crippen LogP contribution is 2.35. The summed E-state index contributed by atoms with van der Waals surface area (Å²) in [5, 5.41) is 4.10. The van der Waals surface area contributed by atoms with Crippen molar-refractivity contribution in [1.29, 1.82) is 0 Å². The second kappa shape index (κ2) is 5.98. The zero-order valence-electron chi connectivity index (χ0n) is 13.5. The Hall–Kier alpha value is -2.70. The van der Waals surface area contributed by atoms with Gasteiger partial charge in [0.15, 0.2) is 0 Å². The summed E-state index contributed by atoms with van der Waals surface area (Å²) in [6.45, 7) is 0.240. The maximum absolute atomic E-state index is 14.2. The molecule has 7 heteroatoms. The molecule has 0 spiro atoms. The molecule has 2 aromatic heterocycles. The number of hydrogen-bond donors (Lipinski definition) is 1. The van der Waals surface area contributed by atoms with Crippen LogP contribution >= 0.6 is 0 Å². The number of nitrogens with zero attached hydrogens (tertiary/aromatic N) is 3. The van der Waals surface area contributed by atoms with Gasteiger partial charge in [0.05, 0.1) is 23.3 Å². The van der Waals surface area contributed by atoms with Crippen molar-refractivity contribution >= 4 is 17.1 Å². The number of alkyl halides is 1. The molecule has 25 heavy (non-hydrogen) atoms. The van der Waals surface area contributed by atoms with Crippen molar-refractivity contribution < 1.29 is 13.6 Å². The Morgan fingerprint density at radius 2 is 2.24 bits per heavy atom. The molecular formula is C18H18F2N4O. The molecule has 1 aliphatic heterocycles. The van der Waals surface area contributed by atoms with Gasteiger partial charge in [-0.1, -0.05) is 0 Å². The molecule has 2 aromatic rings. The maximum atomic E-state index is 14.2. The number of carbonyl (C=O) groups excluding carboxylic acids is 1. The number of primary amides is 1. The molecule has 2 unspecified atom stereocenters. The second-order valence-corrected chi connectivity index (χ2v) is 6.49. The average Bonchev–Trinajstić information content (AvgIpc) is 3.17. The molecule has 2 atom stereocenters. The molecule has 0 saturated carbocycles. The number of allylic oxidation sites excluding steroid dienone is 3. The fourth-order valence-corrected chi connectivity index (χ4v) is 3.71. The summed E-state index contributed by atoms with van der Waals surface area (Å²) < 4.78 is 29.3. The molecule has 0 bridgehead atoms. The van der Waals surface area contributed by atoms with Crippen LogP contribution in [0.5, 0.6) is 0 Å². The molecule has 1 aliphatic carbocycles. The van der Waals surface area contributed by atoms with Gasteiger partial charge in [-0.2, -0.15) is 5.10 Å². The lowest BCUT2D eigenvalue weighted by Gasteiger charge is -2.29. The Morgan fingerprint density at radius 3 is 3.00 bits per heavy atom. The predicted octanol–water partition coefficient (Wildman–Crippen LogP) is 2.92. The number of pyridine rings is 1. The topological polar surface area (TPSA) is 63.6 Å². The Labute approximate surface area is 143 Å². The molecule has 130 valence electrons. The summed E-state index contributed by atoms with van der Waals surface area (Å²) in [6.07, 6.45) is 6.93. The van der Waals surface area contributed by atoms with Gasteiger partial charge in [-0.25, -0.2) is 13.3 Å². The summed E-state index contributed by atoms with van der Waals surface area (Å²) in [6, 6.07) is 3.43. The van der Waals surface area contributed by atoms with Crippen LogP contribution < -0.4 is 10.6 Å². The molecule has 5 nitrogen and oxygen atoms in total. The zero-order chi connectivity index (χ0) is 17.6. The quantitative estimate of drug-likeness (QED) is 0.931. The molecule has 3 heterocycles. The third kappa shape index (κ3) is 2.79. The van der Waals surface area contributed by atoms with Gasteiger partial charge in [0.1, 0.15) is 12.0 Å². The van der Waals surface area contributed by atoms with Crippen LogP contribution in [0.1, 0.15) is 29.6 Å². The van der Waals surface area contributed by atoms with Crippen molar-refractivity contribution in [3.63, 3.8) is 0 Å². The Bertz CT molecular complexity index is 902. The lowest BCUT2D eigenvalue weighted by atomic mass is 9.95. The van der Waals surface area contributed by atoms with E-state index in [1.54, 1.807) is 22.9 Å². The van der Waals surface area contributed by atoms with Crippen LogP contribution in [0.2, 0.25) is 0 Å². The minimum absolute atomic E-state index is 0.183. The molecule has 0 radical (unpaired) electrons. The van der Waals surface area contributed by atoms with Gasteiger partial charge >= 0.3 is 0 Å². The van der Waals surface area contributed by atoms with Crippen LogP contribution in [0.25, 0.3) is 5.52 Å². The van der Waals surface area contributed by atoms with E-state index in [4.69, 9.17) is 5.73 Å². The molecule has 1 fully saturated rings. The van der Waals surface area contributed by atoms with Crippen molar-refractivity contribution in [1.82, 2.24) is 9.61 Å². The summed E-state index contributed by atoms with van der Waals surface area (Å²) in [5.41, 5.74) is 7.97. The molecule has 4 rings (SSSR count). The third-order valence-electron chi connectivity index (χ3n) is 4.88. The number of halogens is 2. The van der Waals surface area contributed by atoms with Crippen LogP contribution in [0, 0.1) is 0 Å². The predicted molar refractivity (Wildman–Crippen MR) is 90.9 cm³/mol. The highest BCUT2D eigenvalue weighted by Gasteiger charge is 2.35. The minimum atomic E-state index is -0.975. The second-order valence-electron chi connectivity index (χ2n) is 6.49. The highest BCUT2D eigenvalue weighted by atomic mass is 19.1. The lowest BCUT2D eigenvalue weighted by Crippen LogP contribution is -2.31. The Balaban J connectivity index is 1.74. The van der Waals surface area contributed by atoms with Crippen LogP contribution in [-0.4, -0.2) is 34.3 Å². The fraction of sp³-hybridized carbons (Fsp3) is 0.333. The van der Waals surface area contributed by atoms with Gasteiger partial charge in [-0.15, -0.1) is 0 Å². The van der Waals surface area contributed by atoms with E-state index in [9.17, 15) is 13.6 Å². The van der Waals surface area contributed by atoms with E-state index in [-0.39, 0.29) is 18.4 Å². The molecule has 2 N–H and O–H groups in total. The van der Waals surface area contributed by atoms with Crippen molar-refractivity contribution in [2.45, 2.75) is 31.5 Å². The number of nitrogens with two attached hydrogens (primary N) is 1. The van der Waals surface area contributed by atoms with E-state index in [2.05, 4.69) is 5.10 Å². The molecule has 2 aliphatic rings. The van der Waals surface area contributed by atoms with Gasteiger partial charge in [0.2, 0.25) is 0 Å². The molecular weight excluding hydrogens is 326 g/mol. The number of rotatable bonds is 3. The van der Waals surface area contributed by atoms with E-state index in [0.717, 1.165) is 17.7 Å². The molecule has 1 amide bonds. The van der Waals surface area contributed by atoms with Gasteiger partial charge in [0.25, 0.3) is 5.91 Å². The number of aromatic nitrogens is 2. The first-order valence-electron chi connectivity index (χ1n) is 8.27. The number of fused-ring (bicyclic) bond motifs is 1. The number of carbonyl (C=O) groups is 1. The first kappa shape index (κ1) is 15.8. The highest BCUT2D eigenvalue weighted by molar-refractivity contribution is 5.99. The SMILES string of the molecule is NC(=O)c1cnn2ccc(N3CC(F)CC3C3=CC(F)=CCC3)cc12. The van der Waals surface area contributed by atoms with Gasteiger partial charge in [-0.3, -0.25) is 4.79 Å². The normalized spacial score (nSPS) is 23.7. The van der Waals surface area contributed by atoms with E-state index in [0.29, 0.717) is 23.9 Å². The van der Waals surface area contributed by atoms with Crippen LogP contribution in [0.4, 0.5) is 14.5 Å². The van der Waals surface area contributed by atoms with Crippen molar-refractivity contribution in [2.75, 3.05) is 11.4 Å². The van der Waals surface area contributed by atoms with Gasteiger partial charge in [-0.05, 0) is 42.7 Å². The van der Waals surface area contributed by atoms with Crippen LogP contribution in [0.15, 0.2) is 48.1 Å². The monoisotopic (exact) mass is 344 g/mol. The van der Waals surface area contributed by atoms with Crippen LogP contribution in [-0.2, 0) is 0 Å². The molecule has 0 aromatic carbocycles. The van der Waals surface area contributed by atoms with E-state index < -0.39 is 12.1 Å². The first-order valence-corrected chi connectivity index (χ1v) is 8.27. The molecule has 1 saturated heterocycles. The van der Waals surface area contributed by atoms with E-state index in [1.807, 2.05) is 11.0 Å². The van der Waals surface area contributed by atoms with Gasteiger partial charge < -0.3 is 10.6 Å². The van der Waals surface area contributed by atoms with Crippen molar-refractivity contribution in [2.24, 2.45) is 5.73 Å². The summed E-state index contributed by atoms with van der Waals surface area (Å²) in [4.78, 5) is 13.5. The van der Waals surface area contributed by atoms with Crippen LogP contribution in [0.3, 0.4) is 0 Å². The summed E-state index contributed by atoms with van der Waals surface area (Å²) >= 11 is 0. The number of amides is 1. The standard InChI is InChI=1S/C18H18F2N4O/c19-12-3-1-2-11(6-12)16-7-13(20)10-23(16)14-4-5-24-17(8-14)15(9-22-24)18(21)25/h3-6,8-9,13,16H,1-2,7,10H2,(H2,21,25). The summed E-state index contributed by atoms with van der Waals surface area (Å²) in [7, 11) is 0. The Morgan fingerprint density at radius 1 is 1.40 bits per heavy atom. The number of hydrogen-bond acceptors (Lipinski definition) is 3. The van der Waals surface area contributed by atoms with E-state index >= 15 is 0 Å². The maximum Gasteiger partial charge on any atom is 0.252 e. The van der Waals surface area contributed by atoms with Gasteiger partial charge in [0, 0.05) is 24.8 Å². The third-order valence-corrected chi connectivity index (χ3v) is 4.88. The largest absolute Gasteiger partial charge is 0.365 e. The first-order chi connectivity index (χ1) is 12.0. The smallest absolute Gasteiger partial charge is 0.252 e. The fourth-order valence-electron chi connectivity index (χ4n) is 3.71. The van der Waals surface area contributed by atoms with Crippen molar-refractivity contribution in [3.05, 3.63) is 53.6 Å².